The van der Waals surface area contributed by atoms with Crippen LogP contribution in [0.4, 0.5) is 10.6 Å². The highest BCUT2D eigenvalue weighted by Crippen LogP contribution is 2.34. The number of nitrogens with one attached hydrogen (secondary N) is 1. The van der Waals surface area contributed by atoms with Crippen molar-refractivity contribution >= 4 is 29.5 Å². The lowest BCUT2D eigenvalue weighted by molar-refractivity contribution is -0.122. The van der Waals surface area contributed by atoms with E-state index in [2.05, 4.69) is 10.4 Å². The number of nitrogens with zero attached hydrogens (tertiary/aromatic N) is 3. The molecule has 1 aromatic rings. The molecule has 2 aliphatic heterocycles. The molecule has 0 aliphatic carbocycles. The highest BCUT2D eigenvalue weighted by molar-refractivity contribution is 7.99. The van der Waals surface area contributed by atoms with Crippen molar-refractivity contribution < 1.29 is 9.59 Å². The van der Waals surface area contributed by atoms with Crippen LogP contribution >= 0.6 is 11.8 Å². The SMILES string of the molecule is CCn1nccc1N1C(=O)NC2(CCSCC2)C1=O. The van der Waals surface area contributed by atoms with E-state index in [1.807, 2.05) is 18.7 Å². The zero-order valence-corrected chi connectivity index (χ0v) is 11.6. The first-order valence-electron chi connectivity index (χ1n) is 6.44. The summed E-state index contributed by atoms with van der Waals surface area (Å²) in [6.45, 7) is 2.56. The van der Waals surface area contributed by atoms with Crippen LogP contribution in [0.1, 0.15) is 19.8 Å². The second-order valence-electron chi connectivity index (χ2n) is 4.77. The van der Waals surface area contributed by atoms with Crippen LogP contribution in [0.25, 0.3) is 0 Å². The first-order chi connectivity index (χ1) is 9.18. The third-order valence-corrected chi connectivity index (χ3v) is 4.72. The van der Waals surface area contributed by atoms with Crippen LogP contribution in [0.5, 0.6) is 0 Å². The average molecular weight is 280 g/mol. The topological polar surface area (TPSA) is 67.2 Å². The number of rotatable bonds is 2. The summed E-state index contributed by atoms with van der Waals surface area (Å²) in [7, 11) is 0. The van der Waals surface area contributed by atoms with Gasteiger partial charge in [-0.25, -0.2) is 14.4 Å². The highest BCUT2D eigenvalue weighted by Gasteiger charge is 2.52. The lowest BCUT2D eigenvalue weighted by Crippen LogP contribution is -2.49. The molecule has 0 unspecified atom stereocenters. The molecule has 2 fully saturated rings. The largest absolute Gasteiger partial charge is 0.330 e. The smallest absolute Gasteiger partial charge is 0.323 e. The third kappa shape index (κ3) is 1.83. The van der Waals surface area contributed by atoms with Gasteiger partial charge in [0.05, 0.1) is 6.20 Å². The van der Waals surface area contributed by atoms with Gasteiger partial charge in [-0.1, -0.05) is 0 Å². The van der Waals surface area contributed by atoms with Crippen molar-refractivity contribution in [2.45, 2.75) is 31.8 Å². The van der Waals surface area contributed by atoms with Crippen LogP contribution in [0, 0.1) is 0 Å². The molecule has 0 aromatic carbocycles. The van der Waals surface area contributed by atoms with Gasteiger partial charge in [0.15, 0.2) is 0 Å². The van der Waals surface area contributed by atoms with Crippen molar-refractivity contribution in [2.24, 2.45) is 0 Å². The van der Waals surface area contributed by atoms with Crippen LogP contribution in [0.3, 0.4) is 0 Å². The second-order valence-corrected chi connectivity index (χ2v) is 6.00. The number of hydrogen-bond acceptors (Lipinski definition) is 4. The molecule has 2 saturated heterocycles. The average Bonchev–Trinajstić information content (AvgIpc) is 2.95. The summed E-state index contributed by atoms with van der Waals surface area (Å²) in [5, 5.41) is 7.01. The molecule has 3 heterocycles. The summed E-state index contributed by atoms with van der Waals surface area (Å²) in [5.74, 6) is 2.24. The molecule has 7 heteroatoms. The minimum absolute atomic E-state index is 0.131. The monoisotopic (exact) mass is 280 g/mol. The summed E-state index contributed by atoms with van der Waals surface area (Å²) in [6, 6.07) is 1.38. The van der Waals surface area contributed by atoms with E-state index in [0.29, 0.717) is 25.2 Å². The van der Waals surface area contributed by atoms with E-state index in [0.717, 1.165) is 11.5 Å². The van der Waals surface area contributed by atoms with Gasteiger partial charge >= 0.3 is 6.03 Å². The fourth-order valence-electron chi connectivity index (χ4n) is 2.65. The molecule has 0 radical (unpaired) electrons. The zero-order chi connectivity index (χ0) is 13.5. The Balaban J connectivity index is 1.95. The Bertz CT molecular complexity index is 522. The van der Waals surface area contributed by atoms with Crippen molar-refractivity contribution in [1.82, 2.24) is 15.1 Å². The van der Waals surface area contributed by atoms with Gasteiger partial charge in [-0.15, -0.1) is 0 Å². The quantitative estimate of drug-likeness (QED) is 0.827. The van der Waals surface area contributed by atoms with E-state index in [1.165, 1.54) is 4.90 Å². The van der Waals surface area contributed by atoms with Gasteiger partial charge < -0.3 is 5.32 Å². The summed E-state index contributed by atoms with van der Waals surface area (Å²) < 4.78 is 1.66. The number of aryl methyl sites for hydroxylation is 1. The van der Waals surface area contributed by atoms with Gasteiger partial charge in [-0.05, 0) is 31.3 Å². The molecule has 1 spiro atoms. The van der Waals surface area contributed by atoms with Gasteiger partial charge in [-0.3, -0.25) is 4.79 Å². The Morgan fingerprint density at radius 3 is 2.84 bits per heavy atom. The van der Waals surface area contributed by atoms with Crippen molar-refractivity contribution in [3.8, 4) is 0 Å². The number of urea groups is 1. The molecule has 0 atom stereocenters. The van der Waals surface area contributed by atoms with Crippen molar-refractivity contribution in [1.29, 1.82) is 0 Å². The summed E-state index contributed by atoms with van der Waals surface area (Å²) >= 11 is 1.83. The number of amides is 3. The number of hydrogen-bond donors (Lipinski definition) is 1. The minimum Gasteiger partial charge on any atom is -0.323 e. The van der Waals surface area contributed by atoms with Crippen LogP contribution in [0.15, 0.2) is 12.3 Å². The Labute approximate surface area is 115 Å². The van der Waals surface area contributed by atoms with Crippen molar-refractivity contribution in [3.05, 3.63) is 12.3 Å². The maximum absolute atomic E-state index is 12.7. The molecular formula is C12H16N4O2S. The lowest BCUT2D eigenvalue weighted by atomic mass is 9.92. The molecule has 19 heavy (non-hydrogen) atoms. The van der Waals surface area contributed by atoms with Gasteiger partial charge in [0.1, 0.15) is 11.4 Å². The van der Waals surface area contributed by atoms with E-state index >= 15 is 0 Å². The normalized spacial score (nSPS) is 22.1. The zero-order valence-electron chi connectivity index (χ0n) is 10.8. The first-order valence-corrected chi connectivity index (χ1v) is 7.60. The molecule has 6 nitrogen and oxygen atoms in total. The predicted molar refractivity (Wildman–Crippen MR) is 73.2 cm³/mol. The molecule has 1 aromatic heterocycles. The number of imide groups is 1. The van der Waals surface area contributed by atoms with Crippen LogP contribution < -0.4 is 10.2 Å². The number of anilines is 1. The van der Waals surface area contributed by atoms with Gasteiger partial charge in [0, 0.05) is 12.6 Å². The molecular weight excluding hydrogens is 264 g/mol. The summed E-state index contributed by atoms with van der Waals surface area (Å²) in [5.41, 5.74) is -0.689. The van der Waals surface area contributed by atoms with Gasteiger partial charge in [-0.2, -0.15) is 16.9 Å². The number of carbonyl (C=O) groups excluding carboxylic acids is 2. The number of thioether (sulfide) groups is 1. The Kier molecular flexibility index (Phi) is 3.00. The van der Waals surface area contributed by atoms with Gasteiger partial charge in [0.25, 0.3) is 5.91 Å². The molecule has 0 bridgehead atoms. The number of carbonyl (C=O) groups is 2. The molecule has 2 aliphatic rings. The number of aromatic nitrogens is 2. The van der Waals surface area contributed by atoms with E-state index in [-0.39, 0.29) is 11.9 Å². The first kappa shape index (κ1) is 12.5. The summed E-state index contributed by atoms with van der Waals surface area (Å²) in [6.07, 6.45) is 3.03. The molecule has 0 saturated carbocycles. The maximum Gasteiger partial charge on any atom is 0.330 e. The summed E-state index contributed by atoms with van der Waals surface area (Å²) in [4.78, 5) is 26.1. The Morgan fingerprint density at radius 1 is 1.42 bits per heavy atom. The van der Waals surface area contributed by atoms with E-state index in [9.17, 15) is 9.59 Å². The van der Waals surface area contributed by atoms with E-state index < -0.39 is 5.54 Å². The fourth-order valence-corrected chi connectivity index (χ4v) is 3.84. The molecule has 3 rings (SSSR count). The predicted octanol–water partition coefficient (Wildman–Crippen LogP) is 1.22. The Hall–Kier alpha value is -1.50. The fraction of sp³-hybridized carbons (Fsp3) is 0.583. The minimum atomic E-state index is -0.689. The van der Waals surface area contributed by atoms with Crippen molar-refractivity contribution in [2.75, 3.05) is 16.4 Å². The molecule has 3 amide bonds. The lowest BCUT2D eigenvalue weighted by Gasteiger charge is -2.30. The molecule has 102 valence electrons. The third-order valence-electron chi connectivity index (χ3n) is 3.73. The van der Waals surface area contributed by atoms with E-state index in [1.54, 1.807) is 16.9 Å². The van der Waals surface area contributed by atoms with Gasteiger partial charge in [0.2, 0.25) is 0 Å². The molecule has 1 N–H and O–H groups in total. The second kappa shape index (κ2) is 4.56. The van der Waals surface area contributed by atoms with Crippen LogP contribution in [0.2, 0.25) is 0 Å². The van der Waals surface area contributed by atoms with Crippen LogP contribution in [-0.2, 0) is 11.3 Å². The van der Waals surface area contributed by atoms with Crippen LogP contribution in [-0.4, -0.2) is 38.8 Å². The van der Waals surface area contributed by atoms with E-state index in [4.69, 9.17) is 0 Å². The highest BCUT2D eigenvalue weighted by atomic mass is 32.2. The standard InChI is InChI=1S/C12H16N4O2S/c1-2-15-9(3-6-13-15)16-10(17)12(14-11(16)18)4-7-19-8-5-12/h3,6H,2,4-5,7-8H2,1H3,(H,14,18). The maximum atomic E-state index is 12.7. The Morgan fingerprint density at radius 2 is 2.16 bits per heavy atom. The van der Waals surface area contributed by atoms with Crippen molar-refractivity contribution in [3.63, 3.8) is 0 Å².